The maximum absolute atomic E-state index is 13.3. The van der Waals surface area contributed by atoms with E-state index >= 15 is 0 Å². The number of aliphatic hydroxyl groups excluding tert-OH is 1. The Morgan fingerprint density at radius 2 is 2.00 bits per heavy atom. The summed E-state index contributed by atoms with van der Waals surface area (Å²) in [5.74, 6) is 0. The third-order valence-corrected chi connectivity index (χ3v) is 3.60. The van der Waals surface area contributed by atoms with Gasteiger partial charge in [0.25, 0.3) is 0 Å². The average Bonchev–Trinajstić information content (AvgIpc) is 3.01. The lowest BCUT2D eigenvalue weighted by atomic mass is 10.1. The van der Waals surface area contributed by atoms with Crippen LogP contribution in [0.1, 0.15) is 11.1 Å². The molecule has 1 aromatic carbocycles. The number of alkyl halides is 1. The lowest BCUT2D eigenvalue weighted by Crippen LogP contribution is -2.21. The van der Waals surface area contributed by atoms with Crippen molar-refractivity contribution in [3.05, 3.63) is 53.9 Å². The van der Waals surface area contributed by atoms with Crippen molar-refractivity contribution < 1.29 is 9.50 Å². The molecule has 1 aromatic heterocycles. The van der Waals surface area contributed by atoms with E-state index in [1.807, 2.05) is 34.0 Å². The number of likely N-dealkylation sites (tertiary alicyclic amines) is 1. The molecule has 0 aliphatic carbocycles. The predicted octanol–water partition coefficient (Wildman–Crippen LogP) is 1.45. The molecule has 0 radical (unpaired) electrons. The summed E-state index contributed by atoms with van der Waals surface area (Å²) in [6.45, 7) is 2.12. The zero-order chi connectivity index (χ0) is 13.9. The fraction of sp³-hybridized carbons (Fsp3) is 0.400. The number of hydrogen-bond donors (Lipinski definition) is 1. The molecular formula is C15H18FN3O. The van der Waals surface area contributed by atoms with Gasteiger partial charge in [0.05, 0.1) is 12.6 Å². The van der Waals surface area contributed by atoms with Gasteiger partial charge in [0, 0.05) is 32.0 Å². The molecule has 1 aliphatic rings. The van der Waals surface area contributed by atoms with Gasteiger partial charge in [0.1, 0.15) is 6.17 Å². The molecule has 1 fully saturated rings. The van der Waals surface area contributed by atoms with Crippen molar-refractivity contribution in [1.82, 2.24) is 14.7 Å². The molecule has 4 nitrogen and oxygen atoms in total. The first-order valence-corrected chi connectivity index (χ1v) is 6.80. The van der Waals surface area contributed by atoms with Gasteiger partial charge < -0.3 is 5.11 Å². The fourth-order valence-corrected chi connectivity index (χ4v) is 2.62. The van der Waals surface area contributed by atoms with E-state index in [4.69, 9.17) is 0 Å². The normalized spacial score (nSPS) is 23.3. The molecule has 0 spiro atoms. The van der Waals surface area contributed by atoms with Gasteiger partial charge in [-0.05, 0) is 17.2 Å². The van der Waals surface area contributed by atoms with Crippen LogP contribution in [0.2, 0.25) is 0 Å². The van der Waals surface area contributed by atoms with Crippen molar-refractivity contribution >= 4 is 0 Å². The number of hydrogen-bond acceptors (Lipinski definition) is 3. The summed E-state index contributed by atoms with van der Waals surface area (Å²) in [5.41, 5.74) is 2.30. The monoisotopic (exact) mass is 275 g/mol. The standard InChI is InChI=1S/C15H18FN3O/c16-14-10-18(11-15(14)20)8-12-3-1-4-13(7-12)9-19-6-2-5-17-19/h1-7,14-15,20H,8-11H2/t14-,15-/m1/s1. The molecule has 0 amide bonds. The van der Waals surface area contributed by atoms with Crippen LogP contribution in [0.4, 0.5) is 4.39 Å². The molecule has 2 aromatic rings. The number of benzene rings is 1. The molecular weight excluding hydrogens is 257 g/mol. The first kappa shape index (κ1) is 13.3. The number of β-amino-alcohol motifs (C(OH)–C–C–N with tert-alkyl or cyclic N) is 1. The molecule has 106 valence electrons. The van der Waals surface area contributed by atoms with E-state index in [0.717, 1.165) is 12.1 Å². The van der Waals surface area contributed by atoms with Crippen LogP contribution in [-0.4, -0.2) is 45.2 Å². The van der Waals surface area contributed by atoms with Crippen LogP contribution in [0.15, 0.2) is 42.7 Å². The summed E-state index contributed by atoms with van der Waals surface area (Å²) in [4.78, 5) is 1.95. The van der Waals surface area contributed by atoms with Gasteiger partial charge in [-0.2, -0.15) is 5.10 Å². The highest BCUT2D eigenvalue weighted by atomic mass is 19.1. The molecule has 1 aliphatic heterocycles. The van der Waals surface area contributed by atoms with E-state index in [9.17, 15) is 9.50 Å². The Labute approximate surface area is 117 Å². The van der Waals surface area contributed by atoms with Gasteiger partial charge in [-0.3, -0.25) is 9.58 Å². The molecule has 1 saturated heterocycles. The van der Waals surface area contributed by atoms with Crippen molar-refractivity contribution in [2.75, 3.05) is 13.1 Å². The number of aliphatic hydroxyl groups is 1. The zero-order valence-corrected chi connectivity index (χ0v) is 11.2. The highest BCUT2D eigenvalue weighted by molar-refractivity contribution is 5.23. The van der Waals surface area contributed by atoms with E-state index in [1.165, 1.54) is 5.56 Å². The van der Waals surface area contributed by atoms with Crippen LogP contribution >= 0.6 is 0 Å². The molecule has 3 rings (SSSR count). The smallest absolute Gasteiger partial charge is 0.140 e. The average molecular weight is 275 g/mol. The summed E-state index contributed by atoms with van der Waals surface area (Å²) >= 11 is 0. The molecule has 0 unspecified atom stereocenters. The Bertz CT molecular complexity index is 548. The second-order valence-corrected chi connectivity index (χ2v) is 5.30. The van der Waals surface area contributed by atoms with Crippen molar-refractivity contribution in [3.8, 4) is 0 Å². The van der Waals surface area contributed by atoms with Gasteiger partial charge in [-0.25, -0.2) is 4.39 Å². The maximum atomic E-state index is 13.3. The van der Waals surface area contributed by atoms with E-state index in [0.29, 0.717) is 19.6 Å². The van der Waals surface area contributed by atoms with Crippen LogP contribution in [0.25, 0.3) is 0 Å². The molecule has 0 saturated carbocycles. The Kier molecular flexibility index (Phi) is 3.80. The SMILES string of the molecule is O[C@@H]1CN(Cc2cccc(Cn3cccn3)c2)C[C@H]1F. The van der Waals surface area contributed by atoms with Crippen molar-refractivity contribution in [2.24, 2.45) is 0 Å². The third kappa shape index (κ3) is 3.05. The second-order valence-electron chi connectivity index (χ2n) is 5.30. The number of rotatable bonds is 4. The lowest BCUT2D eigenvalue weighted by Gasteiger charge is -2.15. The highest BCUT2D eigenvalue weighted by Gasteiger charge is 2.30. The van der Waals surface area contributed by atoms with Gasteiger partial charge in [-0.1, -0.05) is 24.3 Å². The summed E-state index contributed by atoms with van der Waals surface area (Å²) in [7, 11) is 0. The van der Waals surface area contributed by atoms with Gasteiger partial charge >= 0.3 is 0 Å². The fourth-order valence-electron chi connectivity index (χ4n) is 2.62. The van der Waals surface area contributed by atoms with Gasteiger partial charge in [-0.15, -0.1) is 0 Å². The van der Waals surface area contributed by atoms with Crippen LogP contribution in [0.5, 0.6) is 0 Å². The summed E-state index contributed by atoms with van der Waals surface area (Å²) < 4.78 is 15.2. The molecule has 0 bridgehead atoms. The number of aromatic nitrogens is 2. The van der Waals surface area contributed by atoms with E-state index in [1.54, 1.807) is 6.20 Å². The third-order valence-electron chi connectivity index (χ3n) is 3.60. The quantitative estimate of drug-likeness (QED) is 0.918. The molecule has 2 atom stereocenters. The molecule has 5 heteroatoms. The second kappa shape index (κ2) is 5.73. The first-order chi connectivity index (χ1) is 9.70. The largest absolute Gasteiger partial charge is 0.389 e. The minimum absolute atomic E-state index is 0.310. The molecule has 1 N–H and O–H groups in total. The van der Waals surface area contributed by atoms with E-state index < -0.39 is 12.3 Å². The van der Waals surface area contributed by atoms with Crippen LogP contribution in [0, 0.1) is 0 Å². The van der Waals surface area contributed by atoms with Gasteiger partial charge in [0.2, 0.25) is 0 Å². The predicted molar refractivity (Wildman–Crippen MR) is 74.0 cm³/mol. The highest BCUT2D eigenvalue weighted by Crippen LogP contribution is 2.17. The van der Waals surface area contributed by atoms with Gasteiger partial charge in [0.15, 0.2) is 0 Å². The Morgan fingerprint density at radius 1 is 1.20 bits per heavy atom. The van der Waals surface area contributed by atoms with Crippen LogP contribution < -0.4 is 0 Å². The van der Waals surface area contributed by atoms with E-state index in [2.05, 4.69) is 17.2 Å². The van der Waals surface area contributed by atoms with Crippen LogP contribution in [0.3, 0.4) is 0 Å². The maximum Gasteiger partial charge on any atom is 0.140 e. The molecule has 2 heterocycles. The summed E-state index contributed by atoms with van der Waals surface area (Å²) in [6.07, 6.45) is 1.72. The number of nitrogens with zero attached hydrogens (tertiary/aromatic N) is 3. The van der Waals surface area contributed by atoms with Crippen molar-refractivity contribution in [1.29, 1.82) is 0 Å². The van der Waals surface area contributed by atoms with E-state index in [-0.39, 0.29) is 0 Å². The summed E-state index contributed by atoms with van der Waals surface area (Å²) in [5, 5.41) is 13.6. The zero-order valence-electron chi connectivity index (χ0n) is 11.2. The topological polar surface area (TPSA) is 41.3 Å². The first-order valence-electron chi connectivity index (χ1n) is 6.80. The Morgan fingerprint density at radius 3 is 2.65 bits per heavy atom. The van der Waals surface area contributed by atoms with Crippen molar-refractivity contribution in [2.45, 2.75) is 25.4 Å². The summed E-state index contributed by atoms with van der Waals surface area (Å²) in [6, 6.07) is 10.1. The Hall–Kier alpha value is -1.72. The minimum Gasteiger partial charge on any atom is -0.389 e. The van der Waals surface area contributed by atoms with Crippen molar-refractivity contribution in [3.63, 3.8) is 0 Å². The molecule has 20 heavy (non-hydrogen) atoms. The minimum atomic E-state index is -1.12. The number of halogens is 1. The Balaban J connectivity index is 1.65. The van der Waals surface area contributed by atoms with Crippen LogP contribution in [-0.2, 0) is 13.1 Å². The lowest BCUT2D eigenvalue weighted by molar-refractivity contribution is 0.115.